The first-order chi connectivity index (χ1) is 10.6. The maximum atomic E-state index is 12.8. The molecule has 1 heterocycles. The van der Waals surface area contributed by atoms with Crippen LogP contribution in [0.2, 0.25) is 0 Å². The number of rotatable bonds is 3. The van der Waals surface area contributed by atoms with Gasteiger partial charge in [-0.25, -0.2) is 4.79 Å². The Morgan fingerprint density at radius 1 is 1.21 bits per heavy atom. The third-order valence-corrected chi connectivity index (χ3v) is 4.23. The van der Waals surface area contributed by atoms with Gasteiger partial charge in [-0.05, 0) is 27.2 Å². The highest BCUT2D eigenvalue weighted by Crippen LogP contribution is 2.58. The van der Waals surface area contributed by atoms with E-state index in [0.29, 0.717) is 0 Å². The van der Waals surface area contributed by atoms with Gasteiger partial charge < -0.3 is 14.8 Å². The molecule has 1 unspecified atom stereocenters. The zero-order chi connectivity index (χ0) is 19.0. The molecule has 0 aromatic rings. The summed E-state index contributed by atoms with van der Waals surface area (Å²) in [5.74, 6) is -1.64. The van der Waals surface area contributed by atoms with Crippen LogP contribution in [0, 0.1) is 0 Å². The van der Waals surface area contributed by atoms with Gasteiger partial charge in [-0.3, -0.25) is 4.79 Å². The second-order valence-electron chi connectivity index (χ2n) is 5.86. The van der Waals surface area contributed by atoms with Crippen molar-refractivity contribution in [3.05, 3.63) is 0 Å². The fourth-order valence-electron chi connectivity index (χ4n) is 1.69. The number of carbonyl (C=O) groups is 2. The number of hydrogen-bond donors (Lipinski definition) is 1. The van der Waals surface area contributed by atoms with Crippen molar-refractivity contribution in [2.45, 2.75) is 55.3 Å². The smallest absolute Gasteiger partial charge is 0.444 e. The van der Waals surface area contributed by atoms with E-state index in [9.17, 15) is 35.9 Å². The number of thioether (sulfide) groups is 1. The number of halogens is 6. The molecule has 1 N–H and O–H groups in total. The minimum atomic E-state index is -5.82. The van der Waals surface area contributed by atoms with Crippen LogP contribution in [0.15, 0.2) is 0 Å². The van der Waals surface area contributed by atoms with Gasteiger partial charge in [0.15, 0.2) is 0 Å². The molecule has 0 aromatic heterocycles. The first-order valence-corrected chi connectivity index (χ1v) is 7.48. The molecule has 1 rings (SSSR count). The van der Waals surface area contributed by atoms with Gasteiger partial charge in [0.25, 0.3) is 0 Å². The predicted molar refractivity (Wildman–Crippen MR) is 71.2 cm³/mol. The van der Waals surface area contributed by atoms with Gasteiger partial charge in [0.1, 0.15) is 10.9 Å². The fraction of sp³-hybridized carbons (Fsp3) is 0.833. The van der Waals surface area contributed by atoms with Crippen LogP contribution in [0.3, 0.4) is 0 Å². The van der Waals surface area contributed by atoms with E-state index in [1.807, 2.05) is 0 Å². The van der Waals surface area contributed by atoms with Crippen LogP contribution in [0.25, 0.3) is 0 Å². The number of carbonyl (C=O) groups excluding carboxylic acids is 2. The summed E-state index contributed by atoms with van der Waals surface area (Å²) >= 11 is -0.669. The number of alkyl halides is 6. The molecule has 0 spiro atoms. The van der Waals surface area contributed by atoms with Crippen LogP contribution < -0.4 is 5.32 Å². The Balaban J connectivity index is 2.70. The minimum absolute atomic E-state index is 0.354. The van der Waals surface area contributed by atoms with Crippen LogP contribution in [0.5, 0.6) is 0 Å². The van der Waals surface area contributed by atoms with E-state index in [1.165, 1.54) is 0 Å². The van der Waals surface area contributed by atoms with Gasteiger partial charge in [-0.15, -0.1) is 0 Å². The van der Waals surface area contributed by atoms with Crippen molar-refractivity contribution < 1.29 is 45.4 Å². The summed E-state index contributed by atoms with van der Waals surface area (Å²) in [4.78, 5) is 18.2. The molecule has 0 aromatic carbocycles. The molecule has 140 valence electrons. The average Bonchev–Trinajstić information content (AvgIpc) is 2.64. The zero-order valence-electron chi connectivity index (χ0n) is 12.8. The first kappa shape index (κ1) is 20.7. The molecule has 1 aliphatic rings. The van der Waals surface area contributed by atoms with Crippen molar-refractivity contribution in [2.24, 2.45) is 0 Å². The summed E-state index contributed by atoms with van der Waals surface area (Å²) in [7, 11) is 0. The van der Waals surface area contributed by atoms with Gasteiger partial charge in [-0.1, -0.05) is 11.8 Å². The third-order valence-electron chi connectivity index (χ3n) is 2.64. The Labute approximate surface area is 137 Å². The molecule has 0 aliphatic carbocycles. The lowest BCUT2D eigenvalue weighted by Crippen LogP contribution is -2.54. The molecule has 0 saturated carbocycles. The van der Waals surface area contributed by atoms with Gasteiger partial charge in [0, 0.05) is 6.54 Å². The van der Waals surface area contributed by atoms with E-state index < -0.39 is 58.4 Å². The Bertz CT molecular complexity index is 485. The van der Waals surface area contributed by atoms with E-state index in [4.69, 9.17) is 4.74 Å². The molecule has 1 atom stereocenters. The third kappa shape index (κ3) is 4.61. The molecule has 1 fully saturated rings. The molecule has 0 bridgehead atoms. The summed E-state index contributed by atoms with van der Waals surface area (Å²) in [6.45, 7) is 4.35. The maximum Gasteiger partial charge on any atom is 0.448 e. The predicted octanol–water partition coefficient (Wildman–Crippen LogP) is 3.38. The molecular weight excluding hydrogens is 368 g/mol. The summed E-state index contributed by atoms with van der Waals surface area (Å²) < 4.78 is 85.2. The van der Waals surface area contributed by atoms with Crippen molar-refractivity contribution in [1.29, 1.82) is 0 Å². The van der Waals surface area contributed by atoms with Crippen LogP contribution in [-0.4, -0.2) is 46.7 Å². The van der Waals surface area contributed by atoms with Crippen LogP contribution in [0.1, 0.15) is 27.2 Å². The van der Waals surface area contributed by atoms with E-state index >= 15 is 0 Å². The van der Waals surface area contributed by atoms with Gasteiger partial charge in [-0.2, -0.15) is 26.3 Å². The summed E-state index contributed by atoms with van der Waals surface area (Å²) in [6, 6.07) is 0. The number of amides is 1. The number of alkyl carbamates (subject to hydrolysis) is 1. The lowest BCUT2D eigenvalue weighted by atomic mass is 10.2. The van der Waals surface area contributed by atoms with Crippen molar-refractivity contribution in [3.8, 4) is 0 Å². The second-order valence-corrected chi connectivity index (χ2v) is 7.24. The quantitative estimate of drug-likeness (QED) is 0.598. The lowest BCUT2D eigenvalue weighted by molar-refractivity contribution is -0.327. The minimum Gasteiger partial charge on any atom is -0.444 e. The monoisotopic (exact) mass is 383 g/mol. The molecular formula is C12H15F6NO4S. The highest BCUT2D eigenvalue weighted by atomic mass is 32.2. The van der Waals surface area contributed by atoms with Crippen molar-refractivity contribution in [1.82, 2.24) is 5.32 Å². The normalized spacial score (nSPS) is 21.4. The molecule has 0 radical (unpaired) electrons. The van der Waals surface area contributed by atoms with Crippen molar-refractivity contribution >= 4 is 23.8 Å². The number of hydrogen-bond acceptors (Lipinski definition) is 5. The maximum absolute atomic E-state index is 12.8. The first-order valence-electron chi connectivity index (χ1n) is 6.60. The standard InChI is InChI=1S/C12H15F6NO4S/c1-9(2,3)23-8(21)19-5-4-6-7(20)22-10(24-6,11(13,14)15)12(16,17)18/h6H,4-5H2,1-3H3,(H,19,21). The number of nitrogens with one attached hydrogen (secondary N) is 1. The Morgan fingerprint density at radius 3 is 2.08 bits per heavy atom. The molecule has 5 nitrogen and oxygen atoms in total. The Morgan fingerprint density at radius 2 is 1.71 bits per heavy atom. The van der Waals surface area contributed by atoms with Gasteiger partial charge >= 0.3 is 29.3 Å². The van der Waals surface area contributed by atoms with Gasteiger partial charge in [0.05, 0.1) is 0 Å². The van der Waals surface area contributed by atoms with E-state index in [0.717, 1.165) is 0 Å². The Hall–Kier alpha value is -1.33. The highest BCUT2D eigenvalue weighted by molar-refractivity contribution is 8.02. The number of cyclic esters (lactones) is 1. The van der Waals surface area contributed by atoms with E-state index in [2.05, 4.69) is 10.1 Å². The second kappa shape index (κ2) is 6.52. The fourth-order valence-corrected chi connectivity index (χ4v) is 2.86. The lowest BCUT2D eigenvalue weighted by Gasteiger charge is -2.30. The SMILES string of the molecule is CC(C)(C)OC(=O)NCCC1SC(C(F)(F)F)(C(F)(F)F)OC1=O. The number of esters is 1. The molecule has 1 saturated heterocycles. The average molecular weight is 383 g/mol. The van der Waals surface area contributed by atoms with Crippen LogP contribution >= 0.6 is 11.8 Å². The van der Waals surface area contributed by atoms with Crippen molar-refractivity contribution in [3.63, 3.8) is 0 Å². The summed E-state index contributed by atoms with van der Waals surface area (Å²) in [5.41, 5.74) is -0.827. The van der Waals surface area contributed by atoms with E-state index in [1.54, 1.807) is 20.8 Å². The zero-order valence-corrected chi connectivity index (χ0v) is 13.6. The summed E-state index contributed by atoms with van der Waals surface area (Å²) in [5, 5.41) is 0.427. The topological polar surface area (TPSA) is 64.6 Å². The molecule has 24 heavy (non-hydrogen) atoms. The van der Waals surface area contributed by atoms with Gasteiger partial charge in [0.2, 0.25) is 0 Å². The number of ether oxygens (including phenoxy) is 2. The van der Waals surface area contributed by atoms with Crippen LogP contribution in [0.4, 0.5) is 31.1 Å². The summed E-state index contributed by atoms with van der Waals surface area (Å²) in [6.07, 6.45) is -13.0. The highest BCUT2D eigenvalue weighted by Gasteiger charge is 2.78. The molecule has 1 aliphatic heterocycles. The molecule has 12 heteroatoms. The molecule has 1 amide bonds. The van der Waals surface area contributed by atoms with Crippen molar-refractivity contribution in [2.75, 3.05) is 6.54 Å². The Kier molecular flexibility index (Phi) is 5.63. The van der Waals surface area contributed by atoms with Crippen LogP contribution in [-0.2, 0) is 14.3 Å². The largest absolute Gasteiger partial charge is 0.448 e. The van der Waals surface area contributed by atoms with E-state index in [-0.39, 0.29) is 6.54 Å².